The zero-order valence-corrected chi connectivity index (χ0v) is 48.8. The van der Waals surface area contributed by atoms with Gasteiger partial charge in [0.2, 0.25) is 0 Å². The molecule has 0 amide bonds. The molecule has 0 spiro atoms. The van der Waals surface area contributed by atoms with Crippen molar-refractivity contribution in [2.45, 2.75) is 213 Å². The molecule has 6 nitrogen and oxygen atoms in total. The molecule has 0 unspecified atom stereocenters. The molecule has 1 saturated heterocycles. The van der Waals surface area contributed by atoms with E-state index >= 15 is 0 Å². The maximum atomic E-state index is 11.6. The molecule has 0 radical (unpaired) electrons. The standard InChI is InChI=1S/C36H44O3.C33H47BO3/c1-6-36(7-2,31-16-15-29(26(3)23-31)19-22-35(38)20-9-8-10-21-35)32-17-18-33(27(4)24-32)30-13-11-28(12-14-30)25-34(37)39-5;1-9-33(10-2,27-15-14-26(24(3)22-27)18-21-32(35)19-12-11-13-20-32)28-16-17-29(25(4)23-28)34-36-30(5,6)31(7,8)37-34/h11-19,22-24,38H,6-10,20-21,25H2,1-5H3;14-18,21-23,35H,9-13,19-20H2,1-8H3/b22-19+;21-18+. The minimum Gasteiger partial charge on any atom is -0.469 e. The first-order chi connectivity index (χ1) is 36.1. The molecule has 7 heteroatoms. The third-order valence-corrected chi connectivity index (χ3v) is 18.6. The lowest BCUT2D eigenvalue weighted by Gasteiger charge is -2.34. The lowest BCUT2D eigenvalue weighted by atomic mass is 9.68. The van der Waals surface area contributed by atoms with Crippen LogP contribution in [0.5, 0.6) is 0 Å². The molecule has 1 heterocycles. The second-order valence-electron chi connectivity index (χ2n) is 23.9. The van der Waals surface area contributed by atoms with E-state index < -0.39 is 11.2 Å². The highest BCUT2D eigenvalue weighted by molar-refractivity contribution is 6.62. The summed E-state index contributed by atoms with van der Waals surface area (Å²) in [6.07, 6.45) is 23.1. The van der Waals surface area contributed by atoms with E-state index in [4.69, 9.17) is 14.0 Å². The third kappa shape index (κ3) is 12.8. The van der Waals surface area contributed by atoms with Gasteiger partial charge in [0.05, 0.1) is 35.9 Å². The fourth-order valence-electron chi connectivity index (χ4n) is 12.5. The van der Waals surface area contributed by atoms with Crippen molar-refractivity contribution < 1.29 is 29.1 Å². The van der Waals surface area contributed by atoms with Gasteiger partial charge in [-0.2, -0.15) is 0 Å². The lowest BCUT2D eigenvalue weighted by Crippen LogP contribution is -2.41. The van der Waals surface area contributed by atoms with Crippen LogP contribution in [-0.2, 0) is 36.1 Å². The fraction of sp³-hybridized carbons (Fsp3) is 0.493. The van der Waals surface area contributed by atoms with Crippen LogP contribution in [0.4, 0.5) is 0 Å². The average Bonchev–Trinajstić information content (AvgIpc) is 3.65. The highest BCUT2D eigenvalue weighted by atomic mass is 16.7. The molecule has 0 aromatic heterocycles. The number of aliphatic hydroxyl groups is 2. The molecular weight excluding hydrogens is 936 g/mol. The molecule has 0 bridgehead atoms. The van der Waals surface area contributed by atoms with E-state index in [1.165, 1.54) is 81.1 Å². The van der Waals surface area contributed by atoms with Gasteiger partial charge in [-0.1, -0.05) is 193 Å². The Kier molecular flexibility index (Phi) is 18.8. The Balaban J connectivity index is 0.000000221. The van der Waals surface area contributed by atoms with E-state index in [1.807, 2.05) is 24.3 Å². The summed E-state index contributed by atoms with van der Waals surface area (Å²) < 4.78 is 17.5. The molecule has 8 rings (SSSR count). The largest absolute Gasteiger partial charge is 0.495 e. The average molecular weight is 1030 g/mol. The van der Waals surface area contributed by atoms with Gasteiger partial charge in [0.1, 0.15) is 0 Å². The molecule has 5 aromatic rings. The first-order valence-corrected chi connectivity index (χ1v) is 28.9. The van der Waals surface area contributed by atoms with Crippen LogP contribution in [0.25, 0.3) is 23.3 Å². The smallest absolute Gasteiger partial charge is 0.469 e. The Morgan fingerprint density at radius 3 is 1.33 bits per heavy atom. The summed E-state index contributed by atoms with van der Waals surface area (Å²) in [4.78, 5) is 11.6. The van der Waals surface area contributed by atoms with Crippen molar-refractivity contribution in [3.63, 3.8) is 0 Å². The molecule has 406 valence electrons. The highest BCUT2D eigenvalue weighted by Gasteiger charge is 2.52. The Hall–Kier alpha value is -5.05. The van der Waals surface area contributed by atoms with E-state index in [0.717, 1.165) is 93.6 Å². The number of esters is 1. The van der Waals surface area contributed by atoms with Crippen LogP contribution in [0, 0.1) is 27.7 Å². The number of benzene rings is 5. The summed E-state index contributed by atoms with van der Waals surface area (Å²) in [5.74, 6) is -0.223. The van der Waals surface area contributed by atoms with Crippen molar-refractivity contribution in [2.24, 2.45) is 0 Å². The van der Waals surface area contributed by atoms with Crippen molar-refractivity contribution in [3.8, 4) is 11.1 Å². The van der Waals surface area contributed by atoms with Crippen molar-refractivity contribution in [1.82, 2.24) is 0 Å². The number of hydrogen-bond donors (Lipinski definition) is 2. The molecule has 2 N–H and O–H groups in total. The van der Waals surface area contributed by atoms with E-state index in [0.29, 0.717) is 6.42 Å². The Labute approximate surface area is 458 Å². The number of methoxy groups -OCH3 is 1. The third-order valence-electron chi connectivity index (χ3n) is 18.6. The van der Waals surface area contributed by atoms with Crippen LogP contribution in [0.1, 0.15) is 206 Å². The summed E-state index contributed by atoms with van der Waals surface area (Å²) in [5.41, 5.74) is 15.0. The first-order valence-electron chi connectivity index (χ1n) is 28.9. The maximum Gasteiger partial charge on any atom is 0.495 e. The second kappa shape index (κ2) is 24.3. The molecule has 1 aliphatic heterocycles. The van der Waals surface area contributed by atoms with Crippen molar-refractivity contribution >= 4 is 30.7 Å². The van der Waals surface area contributed by atoms with Gasteiger partial charge in [0.25, 0.3) is 0 Å². The van der Waals surface area contributed by atoms with Gasteiger partial charge in [-0.25, -0.2) is 0 Å². The second-order valence-corrected chi connectivity index (χ2v) is 23.9. The number of ether oxygens (including phenoxy) is 1. The quantitative estimate of drug-likeness (QED) is 0.0757. The normalized spacial score (nSPS) is 18.2. The number of aryl methyl sites for hydroxylation is 4. The molecule has 0 atom stereocenters. The van der Waals surface area contributed by atoms with Crippen LogP contribution in [0.3, 0.4) is 0 Å². The molecule has 3 fully saturated rings. The molecule has 2 aliphatic carbocycles. The van der Waals surface area contributed by atoms with Crippen LogP contribution in [0.2, 0.25) is 0 Å². The van der Waals surface area contributed by atoms with Gasteiger partial charge in [0.15, 0.2) is 0 Å². The molecule has 76 heavy (non-hydrogen) atoms. The Bertz CT molecular complexity index is 2810. The summed E-state index contributed by atoms with van der Waals surface area (Å²) in [6.45, 7) is 26.3. The molecular formula is C69H91BO6. The Morgan fingerprint density at radius 2 is 0.947 bits per heavy atom. The van der Waals surface area contributed by atoms with E-state index in [-0.39, 0.29) is 35.1 Å². The minimum absolute atomic E-state index is 0.0617. The van der Waals surface area contributed by atoms with Crippen LogP contribution in [-0.4, -0.2) is 52.8 Å². The monoisotopic (exact) mass is 1030 g/mol. The van der Waals surface area contributed by atoms with Crippen molar-refractivity contribution in [2.75, 3.05) is 7.11 Å². The number of rotatable bonds is 16. The zero-order chi connectivity index (χ0) is 55.1. The van der Waals surface area contributed by atoms with Crippen LogP contribution in [0.15, 0.2) is 109 Å². The van der Waals surface area contributed by atoms with E-state index in [9.17, 15) is 15.0 Å². The van der Waals surface area contributed by atoms with E-state index in [2.05, 4.69) is 180 Å². The predicted octanol–water partition coefficient (Wildman–Crippen LogP) is 15.9. The Morgan fingerprint density at radius 1 is 0.553 bits per heavy atom. The van der Waals surface area contributed by atoms with Gasteiger partial charge in [0, 0.05) is 10.8 Å². The fourth-order valence-corrected chi connectivity index (χ4v) is 12.5. The van der Waals surface area contributed by atoms with Crippen molar-refractivity contribution in [3.05, 3.63) is 170 Å². The van der Waals surface area contributed by atoms with Gasteiger partial charge >= 0.3 is 13.1 Å². The van der Waals surface area contributed by atoms with Gasteiger partial charge in [-0.15, -0.1) is 0 Å². The highest BCUT2D eigenvalue weighted by Crippen LogP contribution is 2.44. The van der Waals surface area contributed by atoms with Crippen LogP contribution < -0.4 is 5.46 Å². The van der Waals surface area contributed by atoms with Gasteiger partial charge in [-0.3, -0.25) is 4.79 Å². The topological polar surface area (TPSA) is 85.2 Å². The SMILES string of the molecule is CCC(CC)(c1ccc(/C=C/C2(O)CCCCC2)c(C)c1)c1ccc(-c2ccc(CC(=O)OC)cc2)c(C)c1.CCC(CC)(c1ccc(/C=C/C2(O)CCCCC2)c(C)c1)c1ccc(B2OC(C)(C)C(C)(C)O2)c(C)c1. The summed E-state index contributed by atoms with van der Waals surface area (Å²) in [5, 5.41) is 21.8. The molecule has 3 aliphatic rings. The van der Waals surface area contributed by atoms with E-state index in [1.54, 1.807) is 0 Å². The molecule has 5 aromatic carbocycles. The minimum atomic E-state index is -0.652. The first kappa shape index (κ1) is 58.6. The lowest BCUT2D eigenvalue weighted by molar-refractivity contribution is -0.139. The summed E-state index contributed by atoms with van der Waals surface area (Å²) in [7, 11) is 1.08. The predicted molar refractivity (Wildman–Crippen MR) is 318 cm³/mol. The van der Waals surface area contributed by atoms with Gasteiger partial charge < -0.3 is 24.3 Å². The number of carbonyl (C=O) groups excluding carboxylic acids is 1. The van der Waals surface area contributed by atoms with Crippen molar-refractivity contribution in [1.29, 1.82) is 0 Å². The van der Waals surface area contributed by atoms with Gasteiger partial charge in [-0.05, 0) is 179 Å². The summed E-state index contributed by atoms with van der Waals surface area (Å²) >= 11 is 0. The van der Waals surface area contributed by atoms with Crippen LogP contribution >= 0.6 is 0 Å². The number of carbonyl (C=O) groups is 1. The molecule has 2 saturated carbocycles. The number of hydrogen-bond acceptors (Lipinski definition) is 6. The maximum absolute atomic E-state index is 11.6. The summed E-state index contributed by atoms with van der Waals surface area (Å²) in [6, 6.07) is 35.7. The zero-order valence-electron chi connectivity index (χ0n) is 48.8.